The largest absolute Gasteiger partial charge is 0.382 e. The molecule has 0 saturated carbocycles. The Bertz CT molecular complexity index is 434. The predicted octanol–water partition coefficient (Wildman–Crippen LogP) is 2.79. The van der Waals surface area contributed by atoms with E-state index in [0.29, 0.717) is 6.04 Å². The van der Waals surface area contributed by atoms with Gasteiger partial charge in [0.1, 0.15) is 0 Å². The number of hydrogen-bond donors (Lipinski definition) is 2. The van der Waals surface area contributed by atoms with Crippen LogP contribution in [0.1, 0.15) is 26.7 Å². The van der Waals surface area contributed by atoms with Crippen molar-refractivity contribution in [2.45, 2.75) is 32.7 Å². The highest BCUT2D eigenvalue weighted by Gasteiger charge is 2.16. The van der Waals surface area contributed by atoms with Gasteiger partial charge in [0.05, 0.1) is 0 Å². The Labute approximate surface area is 121 Å². The first kappa shape index (κ1) is 14.9. The molecule has 1 heterocycles. The maximum Gasteiger partial charge on any atom is 0.226 e. The molecule has 20 heavy (non-hydrogen) atoms. The smallest absolute Gasteiger partial charge is 0.226 e. The van der Waals surface area contributed by atoms with E-state index in [4.69, 9.17) is 0 Å². The van der Waals surface area contributed by atoms with Gasteiger partial charge in [-0.2, -0.15) is 0 Å². The lowest BCUT2D eigenvalue weighted by atomic mass is 10.1. The molecule has 0 radical (unpaired) electrons. The van der Waals surface area contributed by atoms with Gasteiger partial charge in [-0.1, -0.05) is 13.8 Å². The number of rotatable bonds is 4. The van der Waals surface area contributed by atoms with Gasteiger partial charge < -0.3 is 15.5 Å². The molecule has 0 aromatic heterocycles. The molecule has 4 nitrogen and oxygen atoms in total. The van der Waals surface area contributed by atoms with Crippen molar-refractivity contribution in [3.63, 3.8) is 0 Å². The Morgan fingerprint density at radius 3 is 2.25 bits per heavy atom. The van der Waals surface area contributed by atoms with Crippen molar-refractivity contribution in [1.82, 2.24) is 4.90 Å². The molecule has 2 N–H and O–H groups in total. The number of carbonyl (C=O) groups is 1. The fraction of sp³-hybridized carbons (Fsp3) is 0.562. The van der Waals surface area contributed by atoms with Gasteiger partial charge in [0.2, 0.25) is 5.91 Å². The molecule has 0 aliphatic carbocycles. The van der Waals surface area contributed by atoms with Gasteiger partial charge in [0.25, 0.3) is 0 Å². The first-order valence-corrected chi connectivity index (χ1v) is 7.40. The highest BCUT2D eigenvalue weighted by molar-refractivity contribution is 5.92. The quantitative estimate of drug-likeness (QED) is 0.888. The summed E-state index contributed by atoms with van der Waals surface area (Å²) in [4.78, 5) is 14.0. The molecule has 2 rings (SSSR count). The van der Waals surface area contributed by atoms with Gasteiger partial charge in [-0.05, 0) is 57.2 Å². The van der Waals surface area contributed by atoms with Crippen LogP contribution in [0.2, 0.25) is 0 Å². The monoisotopic (exact) mass is 275 g/mol. The molecule has 0 unspecified atom stereocenters. The number of piperidine rings is 1. The SMILES string of the molecule is CC(C)C(=O)Nc1ccc(NC2CCN(C)CC2)cc1. The molecular weight excluding hydrogens is 250 g/mol. The van der Waals surface area contributed by atoms with Gasteiger partial charge in [-0.15, -0.1) is 0 Å². The molecule has 1 fully saturated rings. The lowest BCUT2D eigenvalue weighted by molar-refractivity contribution is -0.118. The summed E-state index contributed by atoms with van der Waals surface area (Å²) in [6, 6.07) is 8.54. The minimum Gasteiger partial charge on any atom is -0.382 e. The van der Waals surface area contributed by atoms with E-state index in [1.807, 2.05) is 38.1 Å². The summed E-state index contributed by atoms with van der Waals surface area (Å²) < 4.78 is 0. The van der Waals surface area contributed by atoms with Crippen LogP contribution in [-0.4, -0.2) is 37.0 Å². The zero-order valence-electron chi connectivity index (χ0n) is 12.6. The van der Waals surface area contributed by atoms with Crippen LogP contribution >= 0.6 is 0 Å². The third-order valence-electron chi connectivity index (χ3n) is 3.77. The fourth-order valence-corrected chi connectivity index (χ4v) is 2.33. The van der Waals surface area contributed by atoms with Crippen LogP contribution in [0.5, 0.6) is 0 Å². The normalized spacial score (nSPS) is 17.2. The van der Waals surface area contributed by atoms with Gasteiger partial charge >= 0.3 is 0 Å². The second kappa shape index (κ2) is 6.75. The molecule has 0 bridgehead atoms. The maximum atomic E-state index is 11.6. The number of hydrogen-bond acceptors (Lipinski definition) is 3. The van der Waals surface area contributed by atoms with E-state index in [2.05, 4.69) is 22.6 Å². The second-order valence-corrected chi connectivity index (χ2v) is 5.94. The number of nitrogens with zero attached hydrogens (tertiary/aromatic N) is 1. The minimum atomic E-state index is 0.00651. The molecule has 1 aliphatic heterocycles. The standard InChI is InChI=1S/C16H25N3O/c1-12(2)16(20)18-14-6-4-13(5-7-14)17-15-8-10-19(3)11-9-15/h4-7,12,15,17H,8-11H2,1-3H3,(H,18,20). The molecule has 0 spiro atoms. The fourth-order valence-electron chi connectivity index (χ4n) is 2.33. The van der Waals surface area contributed by atoms with Gasteiger partial charge in [-0.25, -0.2) is 0 Å². The molecule has 4 heteroatoms. The van der Waals surface area contributed by atoms with E-state index in [1.54, 1.807) is 0 Å². The summed E-state index contributed by atoms with van der Waals surface area (Å²) in [7, 11) is 2.17. The molecule has 1 amide bonds. The lowest BCUT2D eigenvalue weighted by Gasteiger charge is -2.30. The van der Waals surface area contributed by atoms with E-state index in [9.17, 15) is 4.79 Å². The first-order chi connectivity index (χ1) is 9.54. The molecular formula is C16H25N3O. The van der Waals surface area contributed by atoms with Crippen LogP contribution in [0, 0.1) is 5.92 Å². The Morgan fingerprint density at radius 2 is 1.70 bits per heavy atom. The van der Waals surface area contributed by atoms with Gasteiger partial charge in [0.15, 0.2) is 0 Å². The van der Waals surface area contributed by atoms with Crippen LogP contribution in [-0.2, 0) is 4.79 Å². The van der Waals surface area contributed by atoms with Crippen molar-refractivity contribution >= 4 is 17.3 Å². The highest BCUT2D eigenvalue weighted by Crippen LogP contribution is 2.18. The minimum absolute atomic E-state index is 0.00651. The summed E-state index contributed by atoms with van der Waals surface area (Å²) in [5.41, 5.74) is 1.99. The zero-order chi connectivity index (χ0) is 14.5. The predicted molar refractivity (Wildman–Crippen MR) is 84.1 cm³/mol. The molecule has 1 saturated heterocycles. The lowest BCUT2D eigenvalue weighted by Crippen LogP contribution is -2.36. The number of anilines is 2. The van der Waals surface area contributed by atoms with Crippen LogP contribution in [0.3, 0.4) is 0 Å². The number of carbonyl (C=O) groups excluding carboxylic acids is 1. The van der Waals surface area contributed by atoms with Crippen LogP contribution in [0.4, 0.5) is 11.4 Å². The van der Waals surface area contributed by atoms with Gasteiger partial charge in [0, 0.05) is 23.3 Å². The van der Waals surface area contributed by atoms with Crippen LogP contribution in [0.25, 0.3) is 0 Å². The number of amides is 1. The number of nitrogens with one attached hydrogen (secondary N) is 2. The highest BCUT2D eigenvalue weighted by atomic mass is 16.1. The van der Waals surface area contributed by atoms with E-state index in [0.717, 1.165) is 24.5 Å². The van der Waals surface area contributed by atoms with Crippen molar-refractivity contribution in [1.29, 1.82) is 0 Å². The summed E-state index contributed by atoms with van der Waals surface area (Å²) in [6.07, 6.45) is 2.37. The molecule has 1 aromatic carbocycles. The second-order valence-electron chi connectivity index (χ2n) is 5.94. The van der Waals surface area contributed by atoms with E-state index in [1.165, 1.54) is 12.8 Å². The van der Waals surface area contributed by atoms with E-state index >= 15 is 0 Å². The molecule has 0 atom stereocenters. The summed E-state index contributed by atoms with van der Waals surface area (Å²) >= 11 is 0. The van der Waals surface area contributed by atoms with Crippen LogP contribution in [0.15, 0.2) is 24.3 Å². The summed E-state index contributed by atoms with van der Waals surface area (Å²) in [5, 5.41) is 6.47. The molecule has 110 valence electrons. The Hall–Kier alpha value is -1.55. The van der Waals surface area contributed by atoms with Crippen molar-refractivity contribution in [3.05, 3.63) is 24.3 Å². The third-order valence-corrected chi connectivity index (χ3v) is 3.77. The topological polar surface area (TPSA) is 44.4 Å². The van der Waals surface area contributed by atoms with E-state index in [-0.39, 0.29) is 11.8 Å². The average molecular weight is 275 g/mol. The number of likely N-dealkylation sites (tertiary alicyclic amines) is 1. The third kappa shape index (κ3) is 4.23. The van der Waals surface area contributed by atoms with Gasteiger partial charge in [-0.3, -0.25) is 4.79 Å². The van der Waals surface area contributed by atoms with Crippen molar-refractivity contribution in [2.24, 2.45) is 5.92 Å². The van der Waals surface area contributed by atoms with Crippen molar-refractivity contribution < 1.29 is 4.79 Å². The summed E-state index contributed by atoms with van der Waals surface area (Å²) in [6.45, 7) is 6.09. The number of benzene rings is 1. The van der Waals surface area contributed by atoms with Crippen molar-refractivity contribution in [3.8, 4) is 0 Å². The first-order valence-electron chi connectivity index (χ1n) is 7.40. The molecule has 1 aromatic rings. The average Bonchev–Trinajstić information content (AvgIpc) is 2.43. The zero-order valence-corrected chi connectivity index (χ0v) is 12.6. The Morgan fingerprint density at radius 1 is 1.15 bits per heavy atom. The summed E-state index contributed by atoms with van der Waals surface area (Å²) in [5.74, 6) is 0.0630. The van der Waals surface area contributed by atoms with E-state index < -0.39 is 0 Å². The Balaban J connectivity index is 1.87. The van der Waals surface area contributed by atoms with Crippen molar-refractivity contribution in [2.75, 3.05) is 30.8 Å². The maximum absolute atomic E-state index is 11.6. The molecule has 1 aliphatic rings. The Kier molecular flexibility index (Phi) is 5.01. The van der Waals surface area contributed by atoms with Crippen LogP contribution < -0.4 is 10.6 Å².